The number of hydrogen-bond donors (Lipinski definition) is 0. The van der Waals surface area contributed by atoms with Gasteiger partial charge in [0.1, 0.15) is 12.4 Å². The Hall–Kier alpha value is -2.89. The van der Waals surface area contributed by atoms with Crippen molar-refractivity contribution in [3.05, 3.63) is 100.0 Å². The topological polar surface area (TPSA) is 29.5 Å². The minimum absolute atomic E-state index is 0.0858. The van der Waals surface area contributed by atoms with Gasteiger partial charge in [-0.1, -0.05) is 91.4 Å². The highest BCUT2D eigenvalue weighted by Crippen LogP contribution is 2.36. The van der Waals surface area contributed by atoms with Crippen molar-refractivity contribution < 1.29 is 9.53 Å². The summed E-state index contributed by atoms with van der Waals surface area (Å²) in [7, 11) is 0. The molecule has 0 saturated carbocycles. The average molecular weight is 474 g/mol. The van der Waals surface area contributed by atoms with Gasteiger partial charge in [0.15, 0.2) is 4.32 Å². The van der Waals surface area contributed by atoms with Gasteiger partial charge in [-0.2, -0.15) is 0 Å². The van der Waals surface area contributed by atoms with Crippen molar-refractivity contribution >= 4 is 46.0 Å². The van der Waals surface area contributed by atoms with Gasteiger partial charge in [-0.05, 0) is 66.8 Å². The molecule has 0 atom stereocenters. The minimum Gasteiger partial charge on any atom is -0.489 e. The van der Waals surface area contributed by atoms with E-state index in [1.54, 1.807) is 4.90 Å². The molecule has 3 nitrogen and oxygen atoms in total. The molecule has 1 saturated heterocycles. The van der Waals surface area contributed by atoms with Crippen molar-refractivity contribution in [2.75, 3.05) is 4.90 Å². The summed E-state index contributed by atoms with van der Waals surface area (Å²) in [6.07, 6.45) is 5.27. The molecular formula is C28H27NO2S2. The van der Waals surface area contributed by atoms with Crippen molar-refractivity contribution in [1.82, 2.24) is 0 Å². The third-order valence-corrected chi connectivity index (χ3v) is 6.79. The number of rotatable bonds is 8. The molecule has 0 spiro atoms. The molecule has 4 rings (SSSR count). The van der Waals surface area contributed by atoms with Crippen molar-refractivity contribution in [1.29, 1.82) is 0 Å². The van der Waals surface area contributed by atoms with Crippen LogP contribution >= 0.6 is 24.0 Å². The first-order valence-corrected chi connectivity index (χ1v) is 12.4. The van der Waals surface area contributed by atoms with E-state index in [0.717, 1.165) is 35.4 Å². The van der Waals surface area contributed by atoms with E-state index in [9.17, 15) is 4.79 Å². The largest absolute Gasteiger partial charge is 0.489 e. The number of carbonyl (C=O) groups excluding carboxylic acids is 1. The third kappa shape index (κ3) is 5.92. The van der Waals surface area contributed by atoms with Gasteiger partial charge in [0.25, 0.3) is 5.91 Å². The molecule has 1 heterocycles. The molecule has 0 bridgehead atoms. The Morgan fingerprint density at radius 2 is 1.73 bits per heavy atom. The van der Waals surface area contributed by atoms with Crippen molar-refractivity contribution in [2.45, 2.75) is 39.7 Å². The zero-order chi connectivity index (χ0) is 23.2. The molecule has 168 valence electrons. The quantitative estimate of drug-likeness (QED) is 0.253. The van der Waals surface area contributed by atoms with Crippen LogP contribution in [0.2, 0.25) is 0 Å². The lowest BCUT2D eigenvalue weighted by Gasteiger charge is -2.15. The van der Waals surface area contributed by atoms with Gasteiger partial charge in [0.2, 0.25) is 0 Å². The Morgan fingerprint density at radius 3 is 2.45 bits per heavy atom. The number of nitrogens with zero attached hydrogens (tertiary/aromatic N) is 1. The molecule has 0 radical (unpaired) electrons. The van der Waals surface area contributed by atoms with Gasteiger partial charge in [0, 0.05) is 0 Å². The Balaban J connectivity index is 1.45. The van der Waals surface area contributed by atoms with E-state index in [2.05, 4.69) is 50.2 Å². The number of unbranched alkanes of at least 4 members (excludes halogenated alkanes) is 1. The number of thiocarbonyl (C=S) groups is 1. The summed E-state index contributed by atoms with van der Waals surface area (Å²) < 4.78 is 6.51. The summed E-state index contributed by atoms with van der Waals surface area (Å²) in [5, 5.41) is 0. The monoisotopic (exact) mass is 473 g/mol. The van der Waals surface area contributed by atoms with E-state index in [1.807, 2.05) is 42.5 Å². The first-order chi connectivity index (χ1) is 16.0. The number of thioether (sulfide) groups is 1. The van der Waals surface area contributed by atoms with E-state index < -0.39 is 0 Å². The number of carbonyl (C=O) groups is 1. The van der Waals surface area contributed by atoms with Crippen LogP contribution in [0.5, 0.6) is 5.75 Å². The molecule has 0 N–H and O–H groups in total. The molecule has 1 aliphatic rings. The Morgan fingerprint density at radius 1 is 1.00 bits per heavy atom. The van der Waals surface area contributed by atoms with E-state index in [0.29, 0.717) is 15.8 Å². The molecule has 1 fully saturated rings. The normalized spacial score (nSPS) is 14.8. The van der Waals surface area contributed by atoms with Crippen LogP contribution < -0.4 is 9.64 Å². The predicted molar refractivity (Wildman–Crippen MR) is 143 cm³/mol. The molecule has 1 amide bonds. The Kier molecular flexibility index (Phi) is 7.63. The van der Waals surface area contributed by atoms with Gasteiger partial charge >= 0.3 is 0 Å². The van der Waals surface area contributed by atoms with Crippen LogP contribution in [0.15, 0.2) is 77.7 Å². The predicted octanol–water partition coefficient (Wildman–Crippen LogP) is 7.32. The van der Waals surface area contributed by atoms with Gasteiger partial charge < -0.3 is 4.74 Å². The van der Waals surface area contributed by atoms with E-state index in [1.165, 1.54) is 29.3 Å². The molecule has 3 aromatic rings. The minimum atomic E-state index is -0.0858. The van der Waals surface area contributed by atoms with E-state index in [4.69, 9.17) is 17.0 Å². The van der Waals surface area contributed by atoms with Crippen LogP contribution in [-0.4, -0.2) is 10.2 Å². The summed E-state index contributed by atoms with van der Waals surface area (Å²) in [4.78, 5) is 15.4. The zero-order valence-electron chi connectivity index (χ0n) is 18.9. The maximum atomic E-state index is 13.1. The lowest BCUT2D eigenvalue weighted by molar-refractivity contribution is -0.113. The van der Waals surface area contributed by atoms with E-state index >= 15 is 0 Å². The van der Waals surface area contributed by atoms with Crippen LogP contribution in [0, 0.1) is 6.92 Å². The fourth-order valence-corrected chi connectivity index (χ4v) is 4.88. The molecule has 5 heteroatoms. The molecular weight excluding hydrogens is 446 g/mol. The SMILES string of the molecule is CCCCc1ccc(N2C(=O)C(=Cc3cccc(OCc4ccc(C)cc4)c3)SC2=S)cc1. The summed E-state index contributed by atoms with van der Waals surface area (Å²) in [5.41, 5.74) is 5.35. The first kappa shape index (κ1) is 23.3. The third-order valence-electron chi connectivity index (χ3n) is 5.49. The van der Waals surface area contributed by atoms with Crippen LogP contribution in [0.3, 0.4) is 0 Å². The lowest BCUT2D eigenvalue weighted by atomic mass is 10.1. The smallest absolute Gasteiger partial charge is 0.270 e. The summed E-state index contributed by atoms with van der Waals surface area (Å²) in [6, 6.07) is 24.2. The second kappa shape index (κ2) is 10.8. The van der Waals surface area contributed by atoms with Gasteiger partial charge in [-0.25, -0.2) is 0 Å². The second-order valence-corrected chi connectivity index (χ2v) is 9.81. The fourth-order valence-electron chi connectivity index (χ4n) is 3.58. The van der Waals surface area contributed by atoms with Crippen molar-refractivity contribution in [2.24, 2.45) is 0 Å². The van der Waals surface area contributed by atoms with E-state index in [-0.39, 0.29) is 5.91 Å². The van der Waals surface area contributed by atoms with Gasteiger partial charge in [-0.15, -0.1) is 0 Å². The number of hydrogen-bond acceptors (Lipinski definition) is 4. The second-order valence-electron chi connectivity index (χ2n) is 8.13. The lowest BCUT2D eigenvalue weighted by Crippen LogP contribution is -2.27. The Labute approximate surface area is 205 Å². The number of anilines is 1. The van der Waals surface area contributed by atoms with Crippen LogP contribution in [0.1, 0.15) is 42.0 Å². The summed E-state index contributed by atoms with van der Waals surface area (Å²) in [6.45, 7) is 4.76. The highest BCUT2D eigenvalue weighted by Gasteiger charge is 2.33. The van der Waals surface area contributed by atoms with Gasteiger partial charge in [-0.3, -0.25) is 9.69 Å². The van der Waals surface area contributed by atoms with Crippen molar-refractivity contribution in [3.63, 3.8) is 0 Å². The van der Waals surface area contributed by atoms with Crippen LogP contribution in [0.4, 0.5) is 5.69 Å². The highest BCUT2D eigenvalue weighted by molar-refractivity contribution is 8.27. The van der Waals surface area contributed by atoms with Crippen LogP contribution in [-0.2, 0) is 17.8 Å². The highest BCUT2D eigenvalue weighted by atomic mass is 32.2. The number of aryl methyl sites for hydroxylation is 2. The summed E-state index contributed by atoms with van der Waals surface area (Å²) in [5.74, 6) is 0.680. The number of ether oxygens (including phenoxy) is 1. The standard InChI is InChI=1S/C28H27NO2S2/c1-3-4-6-21-13-15-24(16-14-21)29-27(30)26(33-28(29)32)18-23-7-5-8-25(17-23)31-19-22-11-9-20(2)10-12-22/h5,7-18H,3-4,6,19H2,1-2H3. The molecule has 1 aliphatic heterocycles. The molecule has 0 unspecified atom stereocenters. The molecule has 0 aromatic heterocycles. The number of benzene rings is 3. The molecule has 3 aromatic carbocycles. The van der Waals surface area contributed by atoms with Crippen molar-refractivity contribution in [3.8, 4) is 5.75 Å². The fraction of sp³-hybridized carbons (Fsp3) is 0.214. The van der Waals surface area contributed by atoms with Crippen LogP contribution in [0.25, 0.3) is 6.08 Å². The maximum Gasteiger partial charge on any atom is 0.270 e. The number of amides is 1. The maximum absolute atomic E-state index is 13.1. The first-order valence-electron chi connectivity index (χ1n) is 11.2. The summed E-state index contributed by atoms with van der Waals surface area (Å²) >= 11 is 6.86. The van der Waals surface area contributed by atoms with Gasteiger partial charge in [0.05, 0.1) is 10.6 Å². The average Bonchev–Trinajstić information content (AvgIpc) is 3.10. The molecule has 33 heavy (non-hydrogen) atoms. The zero-order valence-corrected chi connectivity index (χ0v) is 20.5. The Bertz CT molecular complexity index is 1170. The molecule has 0 aliphatic carbocycles.